The summed E-state index contributed by atoms with van der Waals surface area (Å²) < 4.78 is 0.455. The summed E-state index contributed by atoms with van der Waals surface area (Å²) in [4.78, 5) is 21.1. The van der Waals surface area contributed by atoms with Crippen LogP contribution in [-0.2, 0) is 9.59 Å². The third-order valence-corrected chi connectivity index (χ3v) is 2.83. The maximum absolute atomic E-state index is 10.7. The Kier molecular flexibility index (Phi) is 5.17. The highest BCUT2D eigenvalue weighted by Crippen LogP contribution is 2.11. The second kappa shape index (κ2) is 5.65. The summed E-state index contributed by atoms with van der Waals surface area (Å²) in [6.07, 6.45) is 1.74. The molecule has 1 unspecified atom stereocenters. The summed E-state index contributed by atoms with van der Waals surface area (Å²) >= 11 is 0. The lowest BCUT2D eigenvalue weighted by Gasteiger charge is -2.34. The van der Waals surface area contributed by atoms with E-state index >= 15 is 0 Å². The van der Waals surface area contributed by atoms with Gasteiger partial charge in [-0.1, -0.05) is 0 Å². The quantitative estimate of drug-likeness (QED) is 0.526. The van der Waals surface area contributed by atoms with Crippen molar-refractivity contribution in [3.63, 3.8) is 0 Å². The molecule has 0 radical (unpaired) electrons. The van der Waals surface area contributed by atoms with Gasteiger partial charge in [0.2, 0.25) is 0 Å². The standard InChI is InChI=1S/C11H19NO4/c1-8(11(15)16)7-9(2)12(3,4)6-5-10(13)14/h7,9H,5-6H2,1-4H3,(H-,13,14,15,16)/p+1/b8-7+. The zero-order valence-corrected chi connectivity index (χ0v) is 10.2. The summed E-state index contributed by atoms with van der Waals surface area (Å²) in [5, 5.41) is 17.4. The minimum Gasteiger partial charge on any atom is -0.481 e. The summed E-state index contributed by atoms with van der Waals surface area (Å²) in [5.41, 5.74) is 0.286. The Morgan fingerprint density at radius 2 is 1.81 bits per heavy atom. The van der Waals surface area contributed by atoms with Crippen molar-refractivity contribution in [1.29, 1.82) is 0 Å². The minimum absolute atomic E-state index is 0.0320. The zero-order valence-electron chi connectivity index (χ0n) is 10.2. The molecule has 0 aromatic heterocycles. The van der Waals surface area contributed by atoms with E-state index in [1.54, 1.807) is 6.08 Å². The second-order valence-electron chi connectivity index (χ2n) is 4.54. The number of carbonyl (C=O) groups is 2. The SMILES string of the molecule is C/C(=C\C(C)[N+](C)(C)CCC(=O)O)C(=O)O. The van der Waals surface area contributed by atoms with Gasteiger partial charge >= 0.3 is 11.9 Å². The topological polar surface area (TPSA) is 74.6 Å². The molecule has 2 N–H and O–H groups in total. The maximum atomic E-state index is 10.7. The summed E-state index contributed by atoms with van der Waals surface area (Å²) in [5.74, 6) is -1.78. The molecular formula is C11H20NO4+. The molecule has 5 nitrogen and oxygen atoms in total. The molecule has 5 heteroatoms. The first kappa shape index (κ1) is 14.6. The van der Waals surface area contributed by atoms with E-state index in [0.29, 0.717) is 11.0 Å². The number of nitrogens with zero attached hydrogens (tertiary/aromatic N) is 1. The van der Waals surface area contributed by atoms with Crippen LogP contribution in [0.1, 0.15) is 20.3 Å². The molecule has 1 atom stereocenters. The fourth-order valence-corrected chi connectivity index (χ4v) is 1.22. The first-order chi connectivity index (χ1) is 7.16. The van der Waals surface area contributed by atoms with E-state index in [-0.39, 0.29) is 18.0 Å². The Labute approximate surface area is 95.6 Å². The van der Waals surface area contributed by atoms with Gasteiger partial charge in [0.25, 0.3) is 0 Å². The molecule has 0 aliphatic heterocycles. The molecule has 0 aliphatic carbocycles. The molecule has 0 spiro atoms. The first-order valence-corrected chi connectivity index (χ1v) is 5.13. The molecule has 0 amide bonds. The van der Waals surface area contributed by atoms with Gasteiger partial charge in [-0.2, -0.15) is 0 Å². The van der Waals surface area contributed by atoms with Gasteiger partial charge in [0.15, 0.2) is 0 Å². The molecular weight excluding hydrogens is 210 g/mol. The zero-order chi connectivity index (χ0) is 12.9. The van der Waals surface area contributed by atoms with E-state index in [1.165, 1.54) is 6.92 Å². The number of carboxylic acids is 2. The number of quaternary nitrogens is 1. The first-order valence-electron chi connectivity index (χ1n) is 5.13. The molecule has 0 rings (SSSR count). The molecule has 92 valence electrons. The average Bonchev–Trinajstić information content (AvgIpc) is 2.14. The van der Waals surface area contributed by atoms with Crippen LogP contribution in [-0.4, -0.2) is 53.3 Å². The lowest BCUT2D eigenvalue weighted by atomic mass is 10.1. The number of hydrogen-bond donors (Lipinski definition) is 2. The molecule has 0 heterocycles. The molecule has 0 saturated carbocycles. The summed E-state index contributed by atoms with van der Waals surface area (Å²) in [6, 6.07) is -0.0320. The Morgan fingerprint density at radius 1 is 1.31 bits per heavy atom. The fourth-order valence-electron chi connectivity index (χ4n) is 1.22. The van der Waals surface area contributed by atoms with E-state index in [2.05, 4.69) is 0 Å². The second-order valence-corrected chi connectivity index (χ2v) is 4.54. The highest BCUT2D eigenvalue weighted by atomic mass is 16.4. The third-order valence-electron chi connectivity index (χ3n) is 2.83. The Morgan fingerprint density at radius 3 is 2.19 bits per heavy atom. The van der Waals surface area contributed by atoms with Gasteiger partial charge in [0, 0.05) is 5.57 Å². The van der Waals surface area contributed by atoms with E-state index in [0.717, 1.165) is 0 Å². The predicted octanol–water partition coefficient (Wildman–Crippen LogP) is 0.957. The average molecular weight is 230 g/mol. The lowest BCUT2D eigenvalue weighted by Crippen LogP contribution is -2.47. The van der Waals surface area contributed by atoms with Crippen molar-refractivity contribution in [3.05, 3.63) is 11.6 Å². The maximum Gasteiger partial charge on any atom is 0.331 e. The van der Waals surface area contributed by atoms with Crippen LogP contribution in [0.25, 0.3) is 0 Å². The van der Waals surface area contributed by atoms with Crippen LogP contribution >= 0.6 is 0 Å². The number of rotatable bonds is 6. The van der Waals surface area contributed by atoms with Crippen LogP contribution in [0.2, 0.25) is 0 Å². The van der Waals surface area contributed by atoms with Crippen LogP contribution < -0.4 is 0 Å². The molecule has 0 aromatic carbocycles. The minimum atomic E-state index is -0.940. The predicted molar refractivity (Wildman–Crippen MR) is 60.1 cm³/mol. The van der Waals surface area contributed by atoms with Gasteiger partial charge in [-0.25, -0.2) is 4.79 Å². The summed E-state index contributed by atoms with van der Waals surface area (Å²) in [7, 11) is 3.78. The Bertz CT molecular complexity index is 307. The number of carboxylic acid groups (broad SMARTS) is 2. The lowest BCUT2D eigenvalue weighted by molar-refractivity contribution is -0.906. The number of likely N-dealkylation sites (N-methyl/N-ethyl adjacent to an activating group) is 1. The van der Waals surface area contributed by atoms with E-state index in [1.807, 2.05) is 21.0 Å². The van der Waals surface area contributed by atoms with Crippen molar-refractivity contribution in [2.75, 3.05) is 20.6 Å². The van der Waals surface area contributed by atoms with Gasteiger partial charge < -0.3 is 14.7 Å². The van der Waals surface area contributed by atoms with Crippen molar-refractivity contribution in [2.24, 2.45) is 0 Å². The van der Waals surface area contributed by atoms with Crippen molar-refractivity contribution in [1.82, 2.24) is 0 Å². The molecule has 0 aliphatic rings. The van der Waals surface area contributed by atoms with E-state index < -0.39 is 11.9 Å². The van der Waals surface area contributed by atoms with Crippen molar-refractivity contribution < 1.29 is 24.3 Å². The largest absolute Gasteiger partial charge is 0.481 e. The van der Waals surface area contributed by atoms with Crippen molar-refractivity contribution in [3.8, 4) is 0 Å². The molecule has 0 aromatic rings. The Hall–Kier alpha value is -1.36. The van der Waals surface area contributed by atoms with Crippen LogP contribution in [0.15, 0.2) is 11.6 Å². The third kappa shape index (κ3) is 4.93. The summed E-state index contributed by atoms with van der Waals surface area (Å²) in [6.45, 7) is 3.89. The monoisotopic (exact) mass is 230 g/mol. The smallest absolute Gasteiger partial charge is 0.331 e. The van der Waals surface area contributed by atoms with E-state index in [9.17, 15) is 9.59 Å². The van der Waals surface area contributed by atoms with Crippen LogP contribution in [0.3, 0.4) is 0 Å². The van der Waals surface area contributed by atoms with Crippen molar-refractivity contribution >= 4 is 11.9 Å². The fraction of sp³-hybridized carbons (Fsp3) is 0.636. The molecule has 0 bridgehead atoms. The van der Waals surface area contributed by atoms with Gasteiger partial charge in [0.05, 0.1) is 27.1 Å². The number of aliphatic carboxylic acids is 2. The van der Waals surface area contributed by atoms with Gasteiger partial charge in [0.1, 0.15) is 6.04 Å². The Balaban J connectivity index is 4.56. The van der Waals surface area contributed by atoms with Crippen LogP contribution in [0, 0.1) is 0 Å². The van der Waals surface area contributed by atoms with Crippen LogP contribution in [0.5, 0.6) is 0 Å². The molecule has 16 heavy (non-hydrogen) atoms. The highest BCUT2D eigenvalue weighted by Gasteiger charge is 2.23. The normalized spacial score (nSPS) is 14.6. The van der Waals surface area contributed by atoms with E-state index in [4.69, 9.17) is 10.2 Å². The highest BCUT2D eigenvalue weighted by molar-refractivity contribution is 5.85. The van der Waals surface area contributed by atoms with Crippen molar-refractivity contribution in [2.45, 2.75) is 26.3 Å². The number of hydrogen-bond acceptors (Lipinski definition) is 2. The van der Waals surface area contributed by atoms with Crippen LogP contribution in [0.4, 0.5) is 0 Å². The van der Waals surface area contributed by atoms with Gasteiger partial charge in [-0.15, -0.1) is 0 Å². The van der Waals surface area contributed by atoms with Gasteiger partial charge in [-0.3, -0.25) is 4.79 Å². The molecule has 0 fully saturated rings. The van der Waals surface area contributed by atoms with Gasteiger partial charge in [-0.05, 0) is 19.9 Å². The molecule has 0 saturated heterocycles.